The van der Waals surface area contributed by atoms with E-state index in [1.807, 2.05) is 0 Å². The van der Waals surface area contributed by atoms with Gasteiger partial charge in [-0.25, -0.2) is 13.8 Å². The lowest BCUT2D eigenvalue weighted by atomic mass is 10.1. The van der Waals surface area contributed by atoms with Crippen LogP contribution in [-0.4, -0.2) is 20.4 Å². The van der Waals surface area contributed by atoms with E-state index in [-0.39, 0.29) is 5.56 Å². The summed E-state index contributed by atoms with van der Waals surface area (Å²) in [4.78, 5) is 20.0. The molecule has 0 aliphatic carbocycles. The first kappa shape index (κ1) is 14.8. The van der Waals surface area contributed by atoms with Crippen molar-refractivity contribution in [1.82, 2.24) is 14.5 Å². The largest absolute Gasteiger partial charge is 0.323 e. The Morgan fingerprint density at radius 2 is 1.91 bits per heavy atom. The van der Waals surface area contributed by atoms with E-state index in [1.54, 1.807) is 35.6 Å². The summed E-state index contributed by atoms with van der Waals surface area (Å²) >= 11 is 0. The van der Waals surface area contributed by atoms with E-state index in [4.69, 9.17) is 0 Å². The van der Waals surface area contributed by atoms with Crippen molar-refractivity contribution in [3.63, 3.8) is 0 Å². The van der Waals surface area contributed by atoms with Crippen molar-refractivity contribution in [2.75, 3.05) is 5.32 Å². The van der Waals surface area contributed by atoms with Crippen molar-refractivity contribution in [1.29, 1.82) is 0 Å². The molecule has 0 bridgehead atoms. The highest BCUT2D eigenvalue weighted by Crippen LogP contribution is 2.19. The van der Waals surface area contributed by atoms with Crippen LogP contribution in [0.25, 0.3) is 5.69 Å². The Morgan fingerprint density at radius 1 is 1.13 bits per heavy atom. The number of hydrogen-bond donors (Lipinski definition) is 1. The summed E-state index contributed by atoms with van der Waals surface area (Å²) in [6.07, 6.45) is 7.51. The number of anilines is 1. The minimum absolute atomic E-state index is 0.266. The molecule has 0 saturated heterocycles. The van der Waals surface area contributed by atoms with Crippen LogP contribution < -0.4 is 5.32 Å². The number of halogens is 2. The predicted octanol–water partition coefficient (Wildman–Crippen LogP) is 2.73. The fraction of sp³-hybridized carbons (Fsp3) is 0.0625. The van der Waals surface area contributed by atoms with Crippen LogP contribution in [0.4, 0.5) is 14.5 Å². The van der Waals surface area contributed by atoms with Gasteiger partial charge in [0.2, 0.25) is 5.91 Å². The first-order chi connectivity index (χ1) is 11.1. The Morgan fingerprint density at radius 3 is 2.61 bits per heavy atom. The second-order valence-corrected chi connectivity index (χ2v) is 4.79. The minimum Gasteiger partial charge on any atom is -0.323 e. The monoisotopic (exact) mass is 314 g/mol. The average molecular weight is 314 g/mol. The molecule has 0 aliphatic heterocycles. The van der Waals surface area contributed by atoms with Crippen molar-refractivity contribution in [3.8, 4) is 5.69 Å². The van der Waals surface area contributed by atoms with Gasteiger partial charge in [0.05, 0.1) is 30.3 Å². The third kappa shape index (κ3) is 3.23. The van der Waals surface area contributed by atoms with Crippen molar-refractivity contribution in [2.24, 2.45) is 0 Å². The molecule has 116 valence electrons. The first-order valence-corrected chi connectivity index (χ1v) is 6.80. The van der Waals surface area contributed by atoms with Crippen LogP contribution in [0.3, 0.4) is 0 Å². The number of nitrogens with one attached hydrogen (secondary N) is 1. The molecule has 0 atom stereocenters. The number of imidazole rings is 1. The zero-order valence-corrected chi connectivity index (χ0v) is 11.9. The van der Waals surface area contributed by atoms with Crippen molar-refractivity contribution in [3.05, 3.63) is 72.6 Å². The molecule has 0 saturated carbocycles. The molecule has 23 heavy (non-hydrogen) atoms. The second-order valence-electron chi connectivity index (χ2n) is 4.79. The molecular weight excluding hydrogens is 302 g/mol. The molecule has 5 nitrogen and oxygen atoms in total. The van der Waals surface area contributed by atoms with Crippen LogP contribution in [0.2, 0.25) is 0 Å². The lowest BCUT2D eigenvalue weighted by Gasteiger charge is -2.11. The Kier molecular flexibility index (Phi) is 4.09. The van der Waals surface area contributed by atoms with Gasteiger partial charge in [0.25, 0.3) is 0 Å². The number of rotatable bonds is 4. The van der Waals surface area contributed by atoms with Crippen molar-refractivity contribution < 1.29 is 13.6 Å². The number of carbonyl (C=O) groups excluding carboxylic acids is 1. The number of carbonyl (C=O) groups is 1. The fourth-order valence-corrected chi connectivity index (χ4v) is 2.17. The summed E-state index contributed by atoms with van der Waals surface area (Å²) in [7, 11) is 0. The maximum Gasteiger partial charge on any atom is 0.229 e. The summed E-state index contributed by atoms with van der Waals surface area (Å²) in [6, 6.07) is 5.19. The molecule has 3 rings (SSSR count). The molecule has 0 fully saturated rings. The highest BCUT2D eigenvalue weighted by Gasteiger charge is 2.14. The summed E-state index contributed by atoms with van der Waals surface area (Å²) in [5.74, 6) is -2.04. The number of aromatic nitrogens is 3. The van der Waals surface area contributed by atoms with Crippen LogP contribution in [-0.2, 0) is 11.2 Å². The van der Waals surface area contributed by atoms with Crippen LogP contribution in [0.5, 0.6) is 0 Å². The number of pyridine rings is 1. The van der Waals surface area contributed by atoms with Crippen LogP contribution >= 0.6 is 0 Å². The highest BCUT2D eigenvalue weighted by molar-refractivity contribution is 5.94. The average Bonchev–Trinajstić information content (AvgIpc) is 3.06. The Balaban J connectivity index is 1.82. The van der Waals surface area contributed by atoms with Gasteiger partial charge in [-0.05, 0) is 18.2 Å². The smallest absolute Gasteiger partial charge is 0.229 e. The third-order valence-electron chi connectivity index (χ3n) is 3.25. The van der Waals surface area contributed by atoms with E-state index in [1.165, 1.54) is 12.3 Å². The van der Waals surface area contributed by atoms with E-state index in [0.717, 1.165) is 12.1 Å². The van der Waals surface area contributed by atoms with Gasteiger partial charge in [-0.2, -0.15) is 0 Å². The fourth-order valence-electron chi connectivity index (χ4n) is 2.17. The number of amides is 1. The normalized spacial score (nSPS) is 10.5. The van der Waals surface area contributed by atoms with E-state index in [9.17, 15) is 13.6 Å². The van der Waals surface area contributed by atoms with Crippen molar-refractivity contribution >= 4 is 11.6 Å². The molecule has 0 unspecified atom stereocenters. The Hall–Kier alpha value is -3.09. The van der Waals surface area contributed by atoms with Crippen molar-refractivity contribution in [2.45, 2.75) is 6.42 Å². The SMILES string of the molecule is O=C(Cc1c(F)cccc1F)Nc1cnccc1-n1ccnc1. The Labute approximate surface area is 130 Å². The van der Waals surface area contributed by atoms with E-state index >= 15 is 0 Å². The zero-order valence-electron chi connectivity index (χ0n) is 11.9. The standard InChI is InChI=1S/C16H12F2N4O/c17-12-2-1-3-13(18)11(12)8-16(23)21-14-9-19-5-4-15(14)22-7-6-20-10-22/h1-7,9-10H,8H2,(H,21,23). The summed E-state index contributed by atoms with van der Waals surface area (Å²) < 4.78 is 28.9. The molecule has 1 aromatic carbocycles. The van der Waals surface area contributed by atoms with Gasteiger partial charge >= 0.3 is 0 Å². The Bertz CT molecular complexity index is 814. The molecular formula is C16H12F2N4O. The number of hydrogen-bond acceptors (Lipinski definition) is 3. The molecule has 0 spiro atoms. The van der Waals surface area contributed by atoms with E-state index in [0.29, 0.717) is 11.4 Å². The van der Waals surface area contributed by atoms with Crippen LogP contribution in [0.15, 0.2) is 55.4 Å². The van der Waals surface area contributed by atoms with Gasteiger partial charge in [-0.3, -0.25) is 9.78 Å². The van der Waals surface area contributed by atoms with E-state index < -0.39 is 24.0 Å². The molecule has 0 aliphatic rings. The summed E-state index contributed by atoms with van der Waals surface area (Å²) in [6.45, 7) is 0. The van der Waals surface area contributed by atoms with Gasteiger partial charge in [-0.1, -0.05) is 6.07 Å². The molecule has 2 heterocycles. The molecule has 0 radical (unpaired) electrons. The van der Waals surface area contributed by atoms with Gasteiger partial charge < -0.3 is 9.88 Å². The molecule has 2 aromatic heterocycles. The second kappa shape index (κ2) is 6.35. The van der Waals surface area contributed by atoms with Crippen LogP contribution in [0, 0.1) is 11.6 Å². The number of benzene rings is 1. The van der Waals surface area contributed by atoms with Crippen LogP contribution in [0.1, 0.15) is 5.56 Å². The maximum absolute atomic E-state index is 13.6. The first-order valence-electron chi connectivity index (χ1n) is 6.80. The molecule has 3 aromatic rings. The van der Waals surface area contributed by atoms with Gasteiger partial charge in [0.15, 0.2) is 0 Å². The van der Waals surface area contributed by atoms with Gasteiger partial charge in [-0.15, -0.1) is 0 Å². The molecule has 1 amide bonds. The summed E-state index contributed by atoms with van der Waals surface area (Å²) in [5.41, 5.74) is 0.810. The highest BCUT2D eigenvalue weighted by atomic mass is 19.1. The minimum atomic E-state index is -0.749. The predicted molar refractivity (Wildman–Crippen MR) is 80.1 cm³/mol. The lowest BCUT2D eigenvalue weighted by Crippen LogP contribution is -2.17. The quantitative estimate of drug-likeness (QED) is 0.805. The van der Waals surface area contributed by atoms with E-state index in [2.05, 4.69) is 15.3 Å². The van der Waals surface area contributed by atoms with Gasteiger partial charge in [0.1, 0.15) is 11.6 Å². The maximum atomic E-state index is 13.6. The molecule has 7 heteroatoms. The zero-order chi connectivity index (χ0) is 16.2. The third-order valence-corrected chi connectivity index (χ3v) is 3.25. The van der Waals surface area contributed by atoms with Gasteiger partial charge in [0, 0.05) is 24.2 Å². The summed E-state index contributed by atoms with van der Waals surface area (Å²) in [5, 5.41) is 2.62. The molecule has 1 N–H and O–H groups in total. The number of nitrogens with zero attached hydrogens (tertiary/aromatic N) is 3. The lowest BCUT2D eigenvalue weighted by molar-refractivity contribution is -0.115. The topological polar surface area (TPSA) is 59.8 Å².